The minimum Gasteiger partial charge on any atom is -0.480 e. The normalized spacial score (nSPS) is 10.2. The van der Waals surface area contributed by atoms with Gasteiger partial charge in [-0.1, -0.05) is 6.92 Å². The zero-order valence-electron chi connectivity index (χ0n) is 9.60. The van der Waals surface area contributed by atoms with Crippen LogP contribution in [-0.2, 0) is 18.3 Å². The molecule has 1 aromatic rings. The lowest BCUT2D eigenvalue weighted by Crippen LogP contribution is -2.32. The first-order chi connectivity index (χ1) is 7.45. The van der Waals surface area contributed by atoms with Crippen LogP contribution in [0.2, 0.25) is 0 Å². The minimum atomic E-state index is -1.03. The van der Waals surface area contributed by atoms with E-state index in [0.717, 1.165) is 0 Å². The van der Waals surface area contributed by atoms with Gasteiger partial charge in [0.1, 0.15) is 6.54 Å². The quantitative estimate of drug-likeness (QED) is 0.790. The number of aromatic nitrogens is 2. The van der Waals surface area contributed by atoms with Gasteiger partial charge in [0.05, 0.1) is 11.3 Å². The SMILES string of the molecule is CCc1nn(C)cc1C(=O)N(C)CC(=O)O. The summed E-state index contributed by atoms with van der Waals surface area (Å²) in [6.45, 7) is 1.59. The molecule has 0 radical (unpaired) electrons. The summed E-state index contributed by atoms with van der Waals surface area (Å²) < 4.78 is 1.56. The maximum absolute atomic E-state index is 11.9. The van der Waals surface area contributed by atoms with Crippen molar-refractivity contribution in [1.29, 1.82) is 0 Å². The zero-order chi connectivity index (χ0) is 12.3. The fourth-order valence-corrected chi connectivity index (χ4v) is 1.45. The first-order valence-electron chi connectivity index (χ1n) is 4.95. The van der Waals surface area contributed by atoms with Gasteiger partial charge in [-0.2, -0.15) is 5.10 Å². The summed E-state index contributed by atoms with van der Waals surface area (Å²) in [4.78, 5) is 23.5. The van der Waals surface area contributed by atoms with Crippen LogP contribution in [0.1, 0.15) is 23.0 Å². The molecule has 0 aliphatic carbocycles. The van der Waals surface area contributed by atoms with Crippen molar-refractivity contribution < 1.29 is 14.7 Å². The number of nitrogens with zero attached hydrogens (tertiary/aromatic N) is 3. The van der Waals surface area contributed by atoms with Crippen LogP contribution in [0.15, 0.2) is 6.20 Å². The van der Waals surface area contributed by atoms with Gasteiger partial charge in [-0.15, -0.1) is 0 Å². The van der Waals surface area contributed by atoms with E-state index in [1.807, 2.05) is 6.92 Å². The summed E-state index contributed by atoms with van der Waals surface area (Å²) >= 11 is 0. The summed E-state index contributed by atoms with van der Waals surface area (Å²) in [5.74, 6) is -1.34. The maximum Gasteiger partial charge on any atom is 0.323 e. The van der Waals surface area contributed by atoms with Crippen molar-refractivity contribution in [2.45, 2.75) is 13.3 Å². The molecule has 1 N–H and O–H groups in total. The van der Waals surface area contributed by atoms with Crippen LogP contribution in [0.3, 0.4) is 0 Å². The fraction of sp³-hybridized carbons (Fsp3) is 0.500. The Morgan fingerprint density at radius 3 is 2.69 bits per heavy atom. The summed E-state index contributed by atoms with van der Waals surface area (Å²) in [6.07, 6.45) is 2.25. The van der Waals surface area contributed by atoms with Crippen molar-refractivity contribution in [3.63, 3.8) is 0 Å². The number of carbonyl (C=O) groups is 2. The highest BCUT2D eigenvalue weighted by atomic mass is 16.4. The van der Waals surface area contributed by atoms with Crippen molar-refractivity contribution in [2.75, 3.05) is 13.6 Å². The number of carboxylic acid groups (broad SMARTS) is 1. The Morgan fingerprint density at radius 1 is 1.56 bits per heavy atom. The number of aliphatic carboxylic acids is 1. The number of amides is 1. The van der Waals surface area contributed by atoms with E-state index in [2.05, 4.69) is 5.10 Å². The molecule has 0 aliphatic heterocycles. The number of carbonyl (C=O) groups excluding carboxylic acids is 1. The van der Waals surface area contributed by atoms with E-state index in [-0.39, 0.29) is 12.5 Å². The average molecular weight is 225 g/mol. The Hall–Kier alpha value is -1.85. The van der Waals surface area contributed by atoms with Crippen LogP contribution in [0.25, 0.3) is 0 Å². The van der Waals surface area contributed by atoms with Crippen LogP contribution < -0.4 is 0 Å². The summed E-state index contributed by atoms with van der Waals surface area (Å²) in [5, 5.41) is 12.7. The molecule has 0 unspecified atom stereocenters. The molecule has 88 valence electrons. The van der Waals surface area contributed by atoms with Gasteiger partial charge >= 0.3 is 5.97 Å². The highest BCUT2D eigenvalue weighted by Gasteiger charge is 2.19. The van der Waals surface area contributed by atoms with E-state index in [0.29, 0.717) is 17.7 Å². The lowest BCUT2D eigenvalue weighted by atomic mass is 10.2. The van der Waals surface area contributed by atoms with Gasteiger partial charge in [0.2, 0.25) is 0 Å². The molecule has 6 nitrogen and oxygen atoms in total. The number of hydrogen-bond acceptors (Lipinski definition) is 3. The molecule has 1 amide bonds. The van der Waals surface area contributed by atoms with Crippen molar-refractivity contribution in [3.05, 3.63) is 17.5 Å². The molecule has 1 heterocycles. The van der Waals surface area contributed by atoms with E-state index in [1.165, 1.54) is 11.9 Å². The van der Waals surface area contributed by atoms with Gasteiger partial charge in [0.25, 0.3) is 5.91 Å². The van der Waals surface area contributed by atoms with Crippen molar-refractivity contribution >= 4 is 11.9 Å². The Morgan fingerprint density at radius 2 is 2.19 bits per heavy atom. The van der Waals surface area contributed by atoms with Crippen LogP contribution in [0.4, 0.5) is 0 Å². The molecule has 0 saturated carbocycles. The highest BCUT2D eigenvalue weighted by Crippen LogP contribution is 2.09. The van der Waals surface area contributed by atoms with Crippen LogP contribution in [0, 0.1) is 0 Å². The highest BCUT2D eigenvalue weighted by molar-refractivity contribution is 5.96. The number of hydrogen-bond donors (Lipinski definition) is 1. The van der Waals surface area contributed by atoms with E-state index in [9.17, 15) is 9.59 Å². The van der Waals surface area contributed by atoms with Gasteiger partial charge in [-0.05, 0) is 6.42 Å². The van der Waals surface area contributed by atoms with E-state index < -0.39 is 5.97 Å². The number of carboxylic acids is 1. The van der Waals surface area contributed by atoms with Crippen molar-refractivity contribution in [3.8, 4) is 0 Å². The second kappa shape index (κ2) is 4.78. The number of rotatable bonds is 4. The van der Waals surface area contributed by atoms with E-state index in [4.69, 9.17) is 5.11 Å². The molecular weight excluding hydrogens is 210 g/mol. The first kappa shape index (κ1) is 12.2. The lowest BCUT2D eigenvalue weighted by molar-refractivity contribution is -0.137. The third kappa shape index (κ3) is 2.59. The zero-order valence-corrected chi connectivity index (χ0v) is 9.60. The summed E-state index contributed by atoms with van der Waals surface area (Å²) in [6, 6.07) is 0. The molecule has 0 atom stereocenters. The van der Waals surface area contributed by atoms with E-state index >= 15 is 0 Å². The molecule has 0 spiro atoms. The van der Waals surface area contributed by atoms with Crippen LogP contribution in [-0.4, -0.2) is 45.3 Å². The monoisotopic (exact) mass is 225 g/mol. The van der Waals surface area contributed by atoms with Crippen LogP contribution >= 0.6 is 0 Å². The van der Waals surface area contributed by atoms with Crippen molar-refractivity contribution in [2.24, 2.45) is 7.05 Å². The smallest absolute Gasteiger partial charge is 0.323 e. The first-order valence-corrected chi connectivity index (χ1v) is 4.95. The van der Waals surface area contributed by atoms with Crippen LogP contribution in [0.5, 0.6) is 0 Å². The van der Waals surface area contributed by atoms with Gasteiger partial charge in [-0.25, -0.2) is 0 Å². The second-order valence-corrected chi connectivity index (χ2v) is 3.57. The average Bonchev–Trinajstić information content (AvgIpc) is 2.57. The van der Waals surface area contributed by atoms with Gasteiger partial charge in [0, 0.05) is 20.3 Å². The third-order valence-corrected chi connectivity index (χ3v) is 2.19. The van der Waals surface area contributed by atoms with E-state index in [1.54, 1.807) is 17.9 Å². The maximum atomic E-state index is 11.9. The number of likely N-dealkylation sites (N-methyl/N-ethyl adjacent to an activating group) is 1. The molecule has 1 rings (SSSR count). The Balaban J connectivity index is 2.90. The largest absolute Gasteiger partial charge is 0.480 e. The molecule has 0 aromatic carbocycles. The standard InChI is InChI=1S/C10H15N3O3/c1-4-8-7(5-13(3)11-8)10(16)12(2)6-9(14)15/h5H,4,6H2,1-3H3,(H,14,15). The molecule has 0 bridgehead atoms. The summed E-state index contributed by atoms with van der Waals surface area (Å²) in [7, 11) is 3.19. The third-order valence-electron chi connectivity index (χ3n) is 2.19. The minimum absolute atomic E-state index is 0.309. The van der Waals surface area contributed by atoms with Gasteiger partial charge in [-0.3, -0.25) is 14.3 Å². The molecule has 1 aromatic heterocycles. The molecule has 6 heteroatoms. The Labute approximate surface area is 93.5 Å². The van der Waals surface area contributed by atoms with Gasteiger partial charge < -0.3 is 10.0 Å². The molecule has 0 aliphatic rings. The predicted molar refractivity (Wildman–Crippen MR) is 57.2 cm³/mol. The fourth-order valence-electron chi connectivity index (χ4n) is 1.45. The summed E-state index contributed by atoms with van der Waals surface area (Å²) in [5.41, 5.74) is 1.15. The Kier molecular flexibility index (Phi) is 3.65. The molecule has 16 heavy (non-hydrogen) atoms. The van der Waals surface area contributed by atoms with Crippen molar-refractivity contribution in [1.82, 2.24) is 14.7 Å². The molecule has 0 saturated heterocycles. The molecule has 0 fully saturated rings. The topological polar surface area (TPSA) is 75.4 Å². The molecular formula is C10H15N3O3. The van der Waals surface area contributed by atoms with Gasteiger partial charge in [0.15, 0.2) is 0 Å². The second-order valence-electron chi connectivity index (χ2n) is 3.57. The predicted octanol–water partition coefficient (Wildman–Crippen LogP) is 0.139. The number of aryl methyl sites for hydroxylation is 2. The Bertz CT molecular complexity index is 411. The lowest BCUT2D eigenvalue weighted by Gasteiger charge is -2.13.